The molecule has 2 nitrogen and oxygen atoms in total. The van der Waals surface area contributed by atoms with Crippen LogP contribution in [-0.4, -0.2) is 5.78 Å². The van der Waals surface area contributed by atoms with Crippen molar-refractivity contribution in [1.82, 2.24) is 0 Å². The van der Waals surface area contributed by atoms with E-state index >= 15 is 0 Å². The van der Waals surface area contributed by atoms with Crippen molar-refractivity contribution in [2.75, 3.05) is 0 Å². The minimum atomic E-state index is 0.0326. The van der Waals surface area contributed by atoms with Crippen molar-refractivity contribution in [3.63, 3.8) is 0 Å². The Morgan fingerprint density at radius 3 is 2.30 bits per heavy atom. The van der Waals surface area contributed by atoms with E-state index in [2.05, 4.69) is 26.0 Å². The summed E-state index contributed by atoms with van der Waals surface area (Å²) >= 11 is 0. The van der Waals surface area contributed by atoms with Crippen LogP contribution in [0.5, 0.6) is 5.75 Å². The second kappa shape index (κ2) is 5.91. The molecule has 0 amide bonds. The van der Waals surface area contributed by atoms with Gasteiger partial charge in [-0.2, -0.15) is 0 Å². The molecule has 0 bridgehead atoms. The van der Waals surface area contributed by atoms with E-state index in [-0.39, 0.29) is 5.78 Å². The molecule has 20 heavy (non-hydrogen) atoms. The SMILES string of the molecule is CC(=O)c1cc(C)ccc1OCc1c(C)cccc1C. The average molecular weight is 268 g/mol. The Hall–Kier alpha value is -2.09. The summed E-state index contributed by atoms with van der Waals surface area (Å²) in [6, 6.07) is 11.9. The number of aryl methyl sites for hydroxylation is 3. The van der Waals surface area contributed by atoms with Gasteiger partial charge in [-0.05, 0) is 56.5 Å². The maximum absolute atomic E-state index is 11.7. The first kappa shape index (κ1) is 14.3. The molecule has 0 aliphatic carbocycles. The number of ether oxygens (including phenoxy) is 1. The minimum absolute atomic E-state index is 0.0326. The van der Waals surface area contributed by atoms with Crippen molar-refractivity contribution in [1.29, 1.82) is 0 Å². The molecule has 0 aliphatic rings. The number of hydrogen-bond donors (Lipinski definition) is 0. The number of Topliss-reactive ketones (excluding diaryl/α,β-unsaturated/α-hetero) is 1. The molecule has 0 radical (unpaired) electrons. The van der Waals surface area contributed by atoms with Crippen LogP contribution in [0.2, 0.25) is 0 Å². The second-order valence-electron chi connectivity index (χ2n) is 5.21. The quantitative estimate of drug-likeness (QED) is 0.768. The molecule has 0 aromatic heterocycles. The third-order valence-corrected chi connectivity index (χ3v) is 3.53. The zero-order chi connectivity index (χ0) is 14.7. The monoisotopic (exact) mass is 268 g/mol. The van der Waals surface area contributed by atoms with Crippen molar-refractivity contribution >= 4 is 5.78 Å². The first-order valence-corrected chi connectivity index (χ1v) is 6.78. The maximum Gasteiger partial charge on any atom is 0.163 e. The molecule has 2 aromatic rings. The van der Waals surface area contributed by atoms with Crippen LogP contribution in [-0.2, 0) is 6.61 Å². The molecular weight excluding hydrogens is 248 g/mol. The minimum Gasteiger partial charge on any atom is -0.488 e. The first-order valence-electron chi connectivity index (χ1n) is 6.78. The Bertz CT molecular complexity index is 622. The molecule has 2 heteroatoms. The molecule has 104 valence electrons. The fourth-order valence-corrected chi connectivity index (χ4v) is 2.27. The van der Waals surface area contributed by atoms with Crippen molar-refractivity contribution in [3.8, 4) is 5.75 Å². The Morgan fingerprint density at radius 1 is 1.05 bits per heavy atom. The number of carbonyl (C=O) groups excluding carboxylic acids is 1. The molecule has 2 rings (SSSR count). The Kier molecular flexibility index (Phi) is 4.23. The summed E-state index contributed by atoms with van der Waals surface area (Å²) in [5.41, 5.74) is 5.32. The highest BCUT2D eigenvalue weighted by molar-refractivity contribution is 5.97. The molecule has 2 aromatic carbocycles. The number of carbonyl (C=O) groups is 1. The molecule has 0 atom stereocenters. The van der Waals surface area contributed by atoms with E-state index in [0.717, 1.165) is 5.56 Å². The van der Waals surface area contributed by atoms with Crippen LogP contribution in [0.3, 0.4) is 0 Å². The summed E-state index contributed by atoms with van der Waals surface area (Å²) in [4.78, 5) is 11.7. The standard InChI is InChI=1S/C18H20O2/c1-12-8-9-18(16(10-12)15(4)19)20-11-17-13(2)6-5-7-14(17)3/h5-10H,11H2,1-4H3. The topological polar surface area (TPSA) is 26.3 Å². The van der Waals surface area contributed by atoms with Crippen LogP contribution < -0.4 is 4.74 Å². The van der Waals surface area contributed by atoms with Crippen LogP contribution in [0, 0.1) is 20.8 Å². The normalized spacial score (nSPS) is 10.4. The van der Waals surface area contributed by atoms with Crippen LogP contribution in [0.4, 0.5) is 0 Å². The lowest BCUT2D eigenvalue weighted by molar-refractivity contribution is 0.101. The van der Waals surface area contributed by atoms with Crippen LogP contribution in [0.15, 0.2) is 36.4 Å². The van der Waals surface area contributed by atoms with Gasteiger partial charge in [-0.15, -0.1) is 0 Å². The van der Waals surface area contributed by atoms with E-state index in [1.54, 1.807) is 6.92 Å². The van der Waals surface area contributed by atoms with Gasteiger partial charge in [0.05, 0.1) is 5.56 Å². The Labute approximate surface area is 120 Å². The third kappa shape index (κ3) is 3.08. The number of rotatable bonds is 4. The first-order chi connectivity index (χ1) is 9.49. The summed E-state index contributed by atoms with van der Waals surface area (Å²) in [7, 11) is 0. The Balaban J connectivity index is 2.25. The number of hydrogen-bond acceptors (Lipinski definition) is 2. The fourth-order valence-electron chi connectivity index (χ4n) is 2.27. The van der Waals surface area contributed by atoms with Gasteiger partial charge in [0.1, 0.15) is 12.4 Å². The molecule has 0 spiro atoms. The predicted molar refractivity (Wildman–Crippen MR) is 81.4 cm³/mol. The average Bonchev–Trinajstić information content (AvgIpc) is 2.39. The third-order valence-electron chi connectivity index (χ3n) is 3.53. The van der Waals surface area contributed by atoms with Gasteiger partial charge in [0.2, 0.25) is 0 Å². The largest absolute Gasteiger partial charge is 0.488 e. The van der Waals surface area contributed by atoms with Gasteiger partial charge in [-0.25, -0.2) is 0 Å². The lowest BCUT2D eigenvalue weighted by atomic mass is 10.0. The number of ketones is 1. The summed E-state index contributed by atoms with van der Waals surface area (Å²) in [5, 5.41) is 0. The molecule has 0 saturated carbocycles. The van der Waals surface area contributed by atoms with Gasteiger partial charge in [0, 0.05) is 0 Å². The predicted octanol–water partition coefficient (Wildman–Crippen LogP) is 4.39. The van der Waals surface area contributed by atoms with Crippen molar-refractivity contribution in [2.24, 2.45) is 0 Å². The highest BCUT2D eigenvalue weighted by Gasteiger charge is 2.10. The van der Waals surface area contributed by atoms with Gasteiger partial charge in [0.15, 0.2) is 5.78 Å². The smallest absolute Gasteiger partial charge is 0.163 e. The summed E-state index contributed by atoms with van der Waals surface area (Å²) in [6.07, 6.45) is 0. The molecular formula is C18H20O2. The maximum atomic E-state index is 11.7. The van der Waals surface area contributed by atoms with Gasteiger partial charge in [-0.3, -0.25) is 4.79 Å². The summed E-state index contributed by atoms with van der Waals surface area (Å²) in [6.45, 7) is 8.18. The lowest BCUT2D eigenvalue weighted by Gasteiger charge is -2.14. The van der Waals surface area contributed by atoms with E-state index in [1.807, 2.05) is 31.2 Å². The van der Waals surface area contributed by atoms with Crippen molar-refractivity contribution in [3.05, 3.63) is 64.2 Å². The summed E-state index contributed by atoms with van der Waals surface area (Å²) < 4.78 is 5.88. The molecule has 0 N–H and O–H groups in total. The highest BCUT2D eigenvalue weighted by atomic mass is 16.5. The van der Waals surface area contributed by atoms with Gasteiger partial charge in [-0.1, -0.05) is 29.8 Å². The van der Waals surface area contributed by atoms with E-state index < -0.39 is 0 Å². The van der Waals surface area contributed by atoms with Crippen LogP contribution in [0.25, 0.3) is 0 Å². The summed E-state index contributed by atoms with van der Waals surface area (Å²) in [5.74, 6) is 0.691. The van der Waals surface area contributed by atoms with Crippen LogP contribution in [0.1, 0.15) is 39.5 Å². The van der Waals surface area contributed by atoms with Gasteiger partial charge >= 0.3 is 0 Å². The molecule has 0 saturated heterocycles. The van der Waals surface area contributed by atoms with Gasteiger partial charge in [0.25, 0.3) is 0 Å². The fraction of sp³-hybridized carbons (Fsp3) is 0.278. The lowest BCUT2D eigenvalue weighted by Crippen LogP contribution is -2.04. The number of benzene rings is 2. The molecule has 0 aliphatic heterocycles. The van der Waals surface area contributed by atoms with Gasteiger partial charge < -0.3 is 4.74 Å². The van der Waals surface area contributed by atoms with E-state index in [9.17, 15) is 4.79 Å². The van der Waals surface area contributed by atoms with Crippen molar-refractivity contribution in [2.45, 2.75) is 34.3 Å². The molecule has 0 unspecified atom stereocenters. The highest BCUT2D eigenvalue weighted by Crippen LogP contribution is 2.23. The second-order valence-corrected chi connectivity index (χ2v) is 5.21. The van der Waals surface area contributed by atoms with E-state index in [0.29, 0.717) is 17.9 Å². The zero-order valence-electron chi connectivity index (χ0n) is 12.5. The molecule has 0 fully saturated rings. The van der Waals surface area contributed by atoms with E-state index in [4.69, 9.17) is 4.74 Å². The van der Waals surface area contributed by atoms with Crippen molar-refractivity contribution < 1.29 is 9.53 Å². The molecule has 0 heterocycles. The zero-order valence-corrected chi connectivity index (χ0v) is 12.5. The van der Waals surface area contributed by atoms with E-state index in [1.165, 1.54) is 16.7 Å². The van der Waals surface area contributed by atoms with Crippen LogP contribution >= 0.6 is 0 Å². The Morgan fingerprint density at radius 2 is 1.70 bits per heavy atom.